The van der Waals surface area contributed by atoms with Crippen molar-refractivity contribution in [2.45, 2.75) is 25.7 Å². The molecule has 3 amide bonds. The number of likely N-dealkylation sites (tertiary alicyclic amines) is 1. The van der Waals surface area contributed by atoms with E-state index in [2.05, 4.69) is 10.6 Å². The summed E-state index contributed by atoms with van der Waals surface area (Å²) in [5, 5.41) is 5.68. The summed E-state index contributed by atoms with van der Waals surface area (Å²) in [5.74, 6) is 1.11. The molecule has 2 N–H and O–H groups in total. The summed E-state index contributed by atoms with van der Waals surface area (Å²) >= 11 is 0. The van der Waals surface area contributed by atoms with E-state index in [9.17, 15) is 9.59 Å². The first-order chi connectivity index (χ1) is 12.5. The molecule has 1 aromatic carbocycles. The average molecular weight is 361 g/mol. The SMILES string of the molecule is CNC(=O)[C@@H]1CN(C(=O)Nc2cc(OC)cc(OC)c2)CC12CCCC2. The summed E-state index contributed by atoms with van der Waals surface area (Å²) in [6.07, 6.45) is 4.25. The third-order valence-electron chi connectivity index (χ3n) is 5.70. The first-order valence-electron chi connectivity index (χ1n) is 9.02. The monoisotopic (exact) mass is 361 g/mol. The summed E-state index contributed by atoms with van der Waals surface area (Å²) in [6.45, 7) is 1.07. The fourth-order valence-electron chi connectivity index (χ4n) is 4.33. The van der Waals surface area contributed by atoms with Crippen molar-refractivity contribution >= 4 is 17.6 Å². The molecule has 3 rings (SSSR count). The first-order valence-corrected chi connectivity index (χ1v) is 9.02. The summed E-state index contributed by atoms with van der Waals surface area (Å²) in [7, 11) is 4.80. The van der Waals surface area contributed by atoms with Crippen LogP contribution in [0.4, 0.5) is 10.5 Å². The van der Waals surface area contributed by atoms with Crippen LogP contribution in [0.15, 0.2) is 18.2 Å². The van der Waals surface area contributed by atoms with Gasteiger partial charge in [0, 0.05) is 49.4 Å². The molecular formula is C19H27N3O4. The van der Waals surface area contributed by atoms with E-state index >= 15 is 0 Å². The van der Waals surface area contributed by atoms with Crippen LogP contribution in [0.1, 0.15) is 25.7 Å². The maximum absolute atomic E-state index is 12.8. The van der Waals surface area contributed by atoms with Gasteiger partial charge >= 0.3 is 6.03 Å². The maximum Gasteiger partial charge on any atom is 0.321 e. The van der Waals surface area contributed by atoms with Gasteiger partial charge in [-0.3, -0.25) is 4.79 Å². The number of ether oxygens (including phenoxy) is 2. The Labute approximate surface area is 154 Å². The Morgan fingerprint density at radius 3 is 2.27 bits per heavy atom. The molecule has 0 aromatic heterocycles. The molecule has 1 saturated heterocycles. The van der Waals surface area contributed by atoms with Gasteiger partial charge in [-0.05, 0) is 12.8 Å². The second-order valence-corrected chi connectivity index (χ2v) is 7.15. The Bertz CT molecular complexity index is 663. The number of benzene rings is 1. The zero-order chi connectivity index (χ0) is 18.7. The third kappa shape index (κ3) is 3.43. The molecule has 1 atom stereocenters. The smallest absolute Gasteiger partial charge is 0.321 e. The van der Waals surface area contributed by atoms with E-state index in [1.165, 1.54) is 0 Å². The van der Waals surface area contributed by atoms with Crippen LogP contribution in [-0.4, -0.2) is 51.2 Å². The topological polar surface area (TPSA) is 79.9 Å². The van der Waals surface area contributed by atoms with E-state index in [0.717, 1.165) is 25.7 Å². The number of anilines is 1. The predicted molar refractivity (Wildman–Crippen MR) is 98.6 cm³/mol. The molecule has 1 saturated carbocycles. The van der Waals surface area contributed by atoms with Gasteiger partial charge in [-0.1, -0.05) is 12.8 Å². The Balaban J connectivity index is 1.75. The molecule has 2 aliphatic rings. The highest BCUT2D eigenvalue weighted by molar-refractivity contribution is 5.91. The van der Waals surface area contributed by atoms with Crippen LogP contribution in [0.2, 0.25) is 0 Å². The molecule has 26 heavy (non-hydrogen) atoms. The number of nitrogens with zero attached hydrogens (tertiary/aromatic N) is 1. The molecule has 1 spiro atoms. The van der Waals surface area contributed by atoms with Gasteiger partial charge in [0.15, 0.2) is 0 Å². The van der Waals surface area contributed by atoms with E-state index < -0.39 is 0 Å². The van der Waals surface area contributed by atoms with Crippen molar-refractivity contribution in [2.75, 3.05) is 39.7 Å². The van der Waals surface area contributed by atoms with Crippen molar-refractivity contribution in [2.24, 2.45) is 11.3 Å². The molecule has 0 unspecified atom stereocenters. The van der Waals surface area contributed by atoms with Crippen molar-refractivity contribution in [3.8, 4) is 11.5 Å². The lowest BCUT2D eigenvalue weighted by Gasteiger charge is -2.28. The van der Waals surface area contributed by atoms with Crippen LogP contribution in [0.25, 0.3) is 0 Å². The molecule has 1 heterocycles. The predicted octanol–water partition coefficient (Wildman–Crippen LogP) is 2.47. The second-order valence-electron chi connectivity index (χ2n) is 7.15. The minimum absolute atomic E-state index is 0.0326. The lowest BCUT2D eigenvalue weighted by Crippen LogP contribution is -2.38. The molecule has 7 nitrogen and oxygen atoms in total. The Hall–Kier alpha value is -2.44. The van der Waals surface area contributed by atoms with E-state index in [-0.39, 0.29) is 23.3 Å². The van der Waals surface area contributed by atoms with Crippen LogP contribution in [0.3, 0.4) is 0 Å². The van der Waals surface area contributed by atoms with Crippen molar-refractivity contribution in [1.29, 1.82) is 0 Å². The van der Waals surface area contributed by atoms with Gasteiger partial charge in [-0.15, -0.1) is 0 Å². The summed E-state index contributed by atoms with van der Waals surface area (Å²) in [6, 6.07) is 5.05. The molecule has 1 aliphatic carbocycles. The number of hydrogen-bond acceptors (Lipinski definition) is 4. The van der Waals surface area contributed by atoms with E-state index in [1.807, 2.05) is 0 Å². The lowest BCUT2D eigenvalue weighted by molar-refractivity contribution is -0.127. The van der Waals surface area contributed by atoms with Gasteiger partial charge in [0.25, 0.3) is 0 Å². The fraction of sp³-hybridized carbons (Fsp3) is 0.579. The minimum atomic E-state index is -0.196. The molecule has 2 fully saturated rings. The summed E-state index contributed by atoms with van der Waals surface area (Å²) in [4.78, 5) is 26.9. The number of carbonyl (C=O) groups is 2. The van der Waals surface area contributed by atoms with Crippen molar-refractivity contribution in [3.63, 3.8) is 0 Å². The molecule has 142 valence electrons. The van der Waals surface area contributed by atoms with Crippen molar-refractivity contribution < 1.29 is 19.1 Å². The van der Waals surface area contributed by atoms with Crippen LogP contribution in [0.5, 0.6) is 11.5 Å². The van der Waals surface area contributed by atoms with E-state index in [0.29, 0.717) is 30.3 Å². The minimum Gasteiger partial charge on any atom is -0.497 e. The maximum atomic E-state index is 12.8. The van der Waals surface area contributed by atoms with Crippen LogP contribution >= 0.6 is 0 Å². The van der Waals surface area contributed by atoms with Gasteiger partial charge in [-0.2, -0.15) is 0 Å². The van der Waals surface area contributed by atoms with Crippen molar-refractivity contribution in [3.05, 3.63) is 18.2 Å². The third-order valence-corrected chi connectivity index (χ3v) is 5.70. The van der Waals surface area contributed by atoms with Crippen LogP contribution in [-0.2, 0) is 4.79 Å². The van der Waals surface area contributed by atoms with Gasteiger partial charge in [-0.25, -0.2) is 4.79 Å². The number of carbonyl (C=O) groups excluding carboxylic acids is 2. The van der Waals surface area contributed by atoms with Gasteiger partial charge in [0.1, 0.15) is 11.5 Å². The molecule has 0 radical (unpaired) electrons. The number of rotatable bonds is 4. The highest BCUT2D eigenvalue weighted by Crippen LogP contribution is 2.49. The lowest BCUT2D eigenvalue weighted by atomic mass is 9.76. The first kappa shape index (κ1) is 18.4. The van der Waals surface area contributed by atoms with Gasteiger partial charge in [0.05, 0.1) is 20.1 Å². The number of amides is 3. The van der Waals surface area contributed by atoms with Gasteiger partial charge in [0.2, 0.25) is 5.91 Å². The summed E-state index contributed by atoms with van der Waals surface area (Å²) in [5.41, 5.74) is 0.527. The zero-order valence-electron chi connectivity index (χ0n) is 15.6. The second kappa shape index (κ2) is 7.43. The van der Waals surface area contributed by atoms with Gasteiger partial charge < -0.3 is 25.0 Å². The largest absolute Gasteiger partial charge is 0.497 e. The standard InChI is InChI=1S/C19H27N3O4/c1-20-17(23)16-11-22(12-19(16)6-4-5-7-19)18(24)21-13-8-14(25-2)10-15(9-13)26-3/h8-10,16H,4-7,11-12H2,1-3H3,(H,20,23)(H,21,24)/t16-/m0/s1. The Morgan fingerprint density at radius 2 is 1.73 bits per heavy atom. The van der Waals surface area contributed by atoms with Crippen LogP contribution < -0.4 is 20.1 Å². The normalized spacial score (nSPS) is 20.9. The Kier molecular flexibility index (Phi) is 5.25. The number of methoxy groups -OCH3 is 2. The zero-order valence-corrected chi connectivity index (χ0v) is 15.6. The van der Waals surface area contributed by atoms with Crippen LogP contribution in [0, 0.1) is 11.3 Å². The number of nitrogens with one attached hydrogen (secondary N) is 2. The quantitative estimate of drug-likeness (QED) is 0.863. The number of urea groups is 1. The van der Waals surface area contributed by atoms with E-state index in [1.54, 1.807) is 44.4 Å². The highest BCUT2D eigenvalue weighted by Gasteiger charge is 2.52. The van der Waals surface area contributed by atoms with Crippen molar-refractivity contribution in [1.82, 2.24) is 10.2 Å². The molecule has 1 aliphatic heterocycles. The summed E-state index contributed by atoms with van der Waals surface area (Å²) < 4.78 is 10.5. The van der Waals surface area contributed by atoms with E-state index in [4.69, 9.17) is 9.47 Å². The molecule has 1 aromatic rings. The highest BCUT2D eigenvalue weighted by atomic mass is 16.5. The molecule has 0 bridgehead atoms. The Morgan fingerprint density at radius 1 is 1.12 bits per heavy atom. The number of hydrogen-bond donors (Lipinski definition) is 2. The molecular weight excluding hydrogens is 334 g/mol. The molecule has 7 heteroatoms. The fourth-order valence-corrected chi connectivity index (χ4v) is 4.33. The average Bonchev–Trinajstić information content (AvgIpc) is 3.28.